The Morgan fingerprint density at radius 1 is 1.19 bits per heavy atom. The van der Waals surface area contributed by atoms with Crippen LogP contribution in [0.1, 0.15) is 10.4 Å². The molecule has 4 rings (SSSR count). The van der Waals surface area contributed by atoms with Gasteiger partial charge in [-0.15, -0.1) is 0 Å². The highest BCUT2D eigenvalue weighted by Crippen LogP contribution is 2.25. The smallest absolute Gasteiger partial charge is 0.337 e. The number of nitrogens with zero attached hydrogens (tertiary/aromatic N) is 3. The van der Waals surface area contributed by atoms with Gasteiger partial charge in [-0.3, -0.25) is 5.10 Å². The number of aromatic amines is 2. The van der Waals surface area contributed by atoms with E-state index in [4.69, 9.17) is 5.11 Å². The van der Waals surface area contributed by atoms with Gasteiger partial charge in [-0.1, -0.05) is 18.2 Å². The number of rotatable bonds is 2. The second kappa shape index (κ2) is 4.14. The topological polar surface area (TPSA) is 108 Å². The van der Waals surface area contributed by atoms with E-state index in [0.29, 0.717) is 22.7 Å². The fourth-order valence-corrected chi connectivity index (χ4v) is 2.27. The van der Waals surface area contributed by atoms with Gasteiger partial charge in [0, 0.05) is 11.6 Å². The third kappa shape index (κ3) is 1.75. The van der Waals surface area contributed by atoms with Gasteiger partial charge in [0.2, 0.25) is 0 Å². The van der Waals surface area contributed by atoms with Gasteiger partial charge in [0.05, 0.1) is 16.6 Å². The van der Waals surface area contributed by atoms with Crippen LogP contribution in [0.15, 0.2) is 36.5 Å². The Hall–Kier alpha value is -3.22. The van der Waals surface area contributed by atoms with Gasteiger partial charge < -0.3 is 10.1 Å². The standard InChI is InChI=1S/C14H9N5O2/c20-14(21)7-5-10-12(15-6-7)17-13(16-10)11-8-3-1-2-4-9(8)18-19-11/h1-6H,(H,18,19)(H,20,21)(H,15,16,17). The molecular weight excluding hydrogens is 270 g/mol. The molecule has 102 valence electrons. The van der Waals surface area contributed by atoms with Gasteiger partial charge in [0.1, 0.15) is 5.69 Å². The number of benzene rings is 1. The first kappa shape index (κ1) is 11.6. The van der Waals surface area contributed by atoms with Gasteiger partial charge in [-0.05, 0) is 12.1 Å². The number of aromatic nitrogens is 5. The van der Waals surface area contributed by atoms with Crippen molar-refractivity contribution in [3.8, 4) is 11.5 Å². The molecule has 0 amide bonds. The van der Waals surface area contributed by atoms with E-state index in [1.165, 1.54) is 12.3 Å². The molecule has 3 aromatic heterocycles. The van der Waals surface area contributed by atoms with Crippen LogP contribution in [0.25, 0.3) is 33.6 Å². The van der Waals surface area contributed by atoms with Crippen LogP contribution in [0.2, 0.25) is 0 Å². The van der Waals surface area contributed by atoms with Crippen molar-refractivity contribution in [2.24, 2.45) is 0 Å². The lowest BCUT2D eigenvalue weighted by molar-refractivity contribution is 0.0696. The molecule has 0 saturated carbocycles. The number of carboxylic acid groups (broad SMARTS) is 1. The number of aromatic carboxylic acids is 1. The van der Waals surface area contributed by atoms with E-state index >= 15 is 0 Å². The highest BCUT2D eigenvalue weighted by Gasteiger charge is 2.14. The maximum Gasteiger partial charge on any atom is 0.337 e. The second-order valence-electron chi connectivity index (χ2n) is 4.60. The Labute approximate surface area is 117 Å². The van der Waals surface area contributed by atoms with Crippen LogP contribution >= 0.6 is 0 Å². The number of para-hydroxylation sites is 1. The maximum absolute atomic E-state index is 11.0. The van der Waals surface area contributed by atoms with Crippen LogP contribution in [0.3, 0.4) is 0 Å². The zero-order valence-electron chi connectivity index (χ0n) is 10.7. The fraction of sp³-hybridized carbons (Fsp3) is 0. The summed E-state index contributed by atoms with van der Waals surface area (Å²) < 4.78 is 0. The average molecular weight is 279 g/mol. The molecule has 7 heteroatoms. The molecule has 0 spiro atoms. The van der Waals surface area contributed by atoms with Crippen LogP contribution in [-0.2, 0) is 0 Å². The van der Waals surface area contributed by atoms with Crippen molar-refractivity contribution in [1.82, 2.24) is 25.1 Å². The molecule has 1 aromatic carbocycles. The van der Waals surface area contributed by atoms with Gasteiger partial charge in [0.15, 0.2) is 11.5 Å². The van der Waals surface area contributed by atoms with Crippen LogP contribution in [0, 0.1) is 0 Å². The molecule has 0 bridgehead atoms. The Morgan fingerprint density at radius 3 is 2.90 bits per heavy atom. The number of hydrogen-bond donors (Lipinski definition) is 3. The van der Waals surface area contributed by atoms with Crippen molar-refractivity contribution in [3.05, 3.63) is 42.1 Å². The second-order valence-corrected chi connectivity index (χ2v) is 4.60. The van der Waals surface area contributed by atoms with Crippen LogP contribution in [-0.4, -0.2) is 36.2 Å². The molecule has 0 atom stereocenters. The first-order valence-electron chi connectivity index (χ1n) is 6.25. The Morgan fingerprint density at radius 2 is 2.05 bits per heavy atom. The summed E-state index contributed by atoms with van der Waals surface area (Å²) in [6.07, 6.45) is 1.29. The highest BCUT2D eigenvalue weighted by molar-refractivity contribution is 5.94. The quantitative estimate of drug-likeness (QED) is 0.521. The van der Waals surface area contributed by atoms with Crippen molar-refractivity contribution < 1.29 is 9.90 Å². The lowest BCUT2D eigenvalue weighted by Gasteiger charge is -1.91. The van der Waals surface area contributed by atoms with Crippen LogP contribution in [0.5, 0.6) is 0 Å². The SMILES string of the molecule is O=C(O)c1cnc2nc(-c3n[nH]c4ccccc34)[nH]c2c1. The summed E-state index contributed by atoms with van der Waals surface area (Å²) in [6.45, 7) is 0. The van der Waals surface area contributed by atoms with E-state index in [1.54, 1.807) is 0 Å². The number of nitrogens with one attached hydrogen (secondary N) is 2. The Bertz CT molecular complexity index is 985. The zero-order chi connectivity index (χ0) is 14.4. The minimum Gasteiger partial charge on any atom is -0.478 e. The monoisotopic (exact) mass is 279 g/mol. The number of hydrogen-bond acceptors (Lipinski definition) is 4. The summed E-state index contributed by atoms with van der Waals surface area (Å²) >= 11 is 0. The van der Waals surface area contributed by atoms with E-state index in [0.717, 1.165) is 10.9 Å². The third-order valence-electron chi connectivity index (χ3n) is 3.28. The number of H-pyrrole nitrogens is 2. The van der Waals surface area contributed by atoms with E-state index in [2.05, 4.69) is 25.1 Å². The molecule has 21 heavy (non-hydrogen) atoms. The molecule has 0 radical (unpaired) electrons. The molecule has 0 aliphatic carbocycles. The van der Waals surface area contributed by atoms with Gasteiger partial charge in [0.25, 0.3) is 0 Å². The zero-order valence-corrected chi connectivity index (χ0v) is 10.7. The predicted octanol–water partition coefficient (Wildman–Crippen LogP) is 2.20. The van der Waals surface area contributed by atoms with E-state index < -0.39 is 5.97 Å². The maximum atomic E-state index is 11.0. The Balaban J connectivity index is 1.92. The molecule has 0 fully saturated rings. The number of carbonyl (C=O) groups is 1. The number of carboxylic acids is 1. The largest absolute Gasteiger partial charge is 0.478 e. The predicted molar refractivity (Wildman–Crippen MR) is 75.9 cm³/mol. The highest BCUT2D eigenvalue weighted by atomic mass is 16.4. The van der Waals surface area contributed by atoms with Crippen molar-refractivity contribution in [2.45, 2.75) is 0 Å². The lowest BCUT2D eigenvalue weighted by atomic mass is 10.2. The van der Waals surface area contributed by atoms with E-state index in [-0.39, 0.29) is 5.56 Å². The van der Waals surface area contributed by atoms with Crippen molar-refractivity contribution in [1.29, 1.82) is 0 Å². The molecule has 3 N–H and O–H groups in total. The molecule has 0 aliphatic rings. The van der Waals surface area contributed by atoms with Crippen molar-refractivity contribution in [3.63, 3.8) is 0 Å². The number of fused-ring (bicyclic) bond motifs is 2. The van der Waals surface area contributed by atoms with E-state index in [1.807, 2.05) is 24.3 Å². The molecule has 0 unspecified atom stereocenters. The van der Waals surface area contributed by atoms with Crippen LogP contribution in [0.4, 0.5) is 0 Å². The van der Waals surface area contributed by atoms with Crippen LogP contribution < -0.4 is 0 Å². The molecule has 4 aromatic rings. The molecule has 7 nitrogen and oxygen atoms in total. The minimum atomic E-state index is -1.02. The molecular formula is C14H9N5O2. The summed E-state index contributed by atoms with van der Waals surface area (Å²) in [5.74, 6) is -0.469. The number of pyridine rings is 1. The number of imidazole rings is 1. The Kier molecular flexibility index (Phi) is 2.28. The summed E-state index contributed by atoms with van der Waals surface area (Å²) in [5, 5.41) is 17.1. The van der Waals surface area contributed by atoms with Crippen molar-refractivity contribution >= 4 is 28.0 Å². The molecule has 0 saturated heterocycles. The van der Waals surface area contributed by atoms with Gasteiger partial charge >= 0.3 is 5.97 Å². The molecule has 0 aliphatic heterocycles. The summed E-state index contributed by atoms with van der Waals surface area (Å²) in [4.78, 5) is 22.4. The van der Waals surface area contributed by atoms with Gasteiger partial charge in [-0.2, -0.15) is 5.10 Å². The minimum absolute atomic E-state index is 0.115. The molecule has 3 heterocycles. The summed E-state index contributed by atoms with van der Waals surface area (Å²) in [7, 11) is 0. The summed E-state index contributed by atoms with van der Waals surface area (Å²) in [6, 6.07) is 9.22. The average Bonchev–Trinajstić information content (AvgIpc) is 3.09. The summed E-state index contributed by atoms with van der Waals surface area (Å²) in [5.41, 5.74) is 2.73. The van der Waals surface area contributed by atoms with Gasteiger partial charge in [-0.25, -0.2) is 14.8 Å². The normalized spacial score (nSPS) is 11.2. The lowest BCUT2D eigenvalue weighted by Crippen LogP contribution is -1.96. The van der Waals surface area contributed by atoms with Crippen molar-refractivity contribution in [2.75, 3.05) is 0 Å². The third-order valence-corrected chi connectivity index (χ3v) is 3.28. The first-order chi connectivity index (χ1) is 10.2. The van der Waals surface area contributed by atoms with E-state index in [9.17, 15) is 4.79 Å². The first-order valence-corrected chi connectivity index (χ1v) is 6.25. The fourth-order valence-electron chi connectivity index (χ4n) is 2.27.